The van der Waals surface area contributed by atoms with Gasteiger partial charge in [0.2, 0.25) is 0 Å². The SMILES string of the molecule is COc1ccc(O)c(C(=O)Nc2ccccc2I)c1. The molecule has 98 valence electrons. The molecule has 2 aromatic carbocycles. The average Bonchev–Trinajstić information content (AvgIpc) is 2.42. The Balaban J connectivity index is 2.28. The maximum absolute atomic E-state index is 12.1. The van der Waals surface area contributed by atoms with E-state index in [1.54, 1.807) is 12.1 Å². The number of methoxy groups -OCH3 is 1. The third kappa shape index (κ3) is 3.17. The molecule has 0 atom stereocenters. The number of hydrogen-bond acceptors (Lipinski definition) is 3. The lowest BCUT2D eigenvalue weighted by Gasteiger charge is -2.09. The fourth-order valence-electron chi connectivity index (χ4n) is 1.58. The van der Waals surface area contributed by atoms with Crippen molar-refractivity contribution in [2.45, 2.75) is 0 Å². The van der Waals surface area contributed by atoms with Crippen molar-refractivity contribution in [3.8, 4) is 11.5 Å². The van der Waals surface area contributed by atoms with Crippen LogP contribution in [0.1, 0.15) is 10.4 Å². The lowest BCUT2D eigenvalue weighted by atomic mass is 10.1. The summed E-state index contributed by atoms with van der Waals surface area (Å²) < 4.78 is 5.97. The Bertz CT molecular complexity index is 613. The van der Waals surface area contributed by atoms with Gasteiger partial charge in [-0.05, 0) is 52.9 Å². The van der Waals surface area contributed by atoms with Gasteiger partial charge in [-0.2, -0.15) is 0 Å². The summed E-state index contributed by atoms with van der Waals surface area (Å²) in [4.78, 5) is 12.1. The van der Waals surface area contributed by atoms with Crippen LogP contribution in [0.2, 0.25) is 0 Å². The summed E-state index contributed by atoms with van der Waals surface area (Å²) >= 11 is 2.13. The van der Waals surface area contributed by atoms with Crippen molar-refractivity contribution in [2.75, 3.05) is 12.4 Å². The van der Waals surface area contributed by atoms with E-state index in [4.69, 9.17) is 4.74 Å². The van der Waals surface area contributed by atoms with Gasteiger partial charge in [-0.25, -0.2) is 0 Å². The molecule has 1 amide bonds. The van der Waals surface area contributed by atoms with Gasteiger partial charge in [0, 0.05) is 3.57 Å². The van der Waals surface area contributed by atoms with Crippen LogP contribution in [0.25, 0.3) is 0 Å². The van der Waals surface area contributed by atoms with Crippen LogP contribution in [-0.2, 0) is 0 Å². The quantitative estimate of drug-likeness (QED) is 0.817. The third-order valence-electron chi connectivity index (χ3n) is 2.57. The number of phenols is 1. The highest BCUT2D eigenvalue weighted by molar-refractivity contribution is 14.1. The summed E-state index contributed by atoms with van der Waals surface area (Å²) in [6.07, 6.45) is 0. The van der Waals surface area contributed by atoms with Crippen molar-refractivity contribution in [1.29, 1.82) is 0 Å². The molecule has 19 heavy (non-hydrogen) atoms. The van der Waals surface area contributed by atoms with Crippen LogP contribution < -0.4 is 10.1 Å². The molecule has 0 aliphatic carbocycles. The van der Waals surface area contributed by atoms with Crippen LogP contribution >= 0.6 is 22.6 Å². The molecular weight excluding hydrogens is 357 g/mol. The smallest absolute Gasteiger partial charge is 0.259 e. The van der Waals surface area contributed by atoms with Gasteiger partial charge in [0.15, 0.2) is 0 Å². The van der Waals surface area contributed by atoms with Crippen molar-refractivity contribution in [1.82, 2.24) is 0 Å². The van der Waals surface area contributed by atoms with E-state index in [0.29, 0.717) is 11.4 Å². The molecule has 4 nitrogen and oxygen atoms in total. The zero-order valence-electron chi connectivity index (χ0n) is 10.2. The maximum atomic E-state index is 12.1. The number of anilines is 1. The van der Waals surface area contributed by atoms with Crippen LogP contribution in [0, 0.1) is 3.57 Å². The van der Waals surface area contributed by atoms with Gasteiger partial charge in [0.1, 0.15) is 11.5 Å². The number of rotatable bonds is 3. The van der Waals surface area contributed by atoms with E-state index in [2.05, 4.69) is 27.9 Å². The number of carbonyl (C=O) groups is 1. The monoisotopic (exact) mass is 369 g/mol. The maximum Gasteiger partial charge on any atom is 0.259 e. The molecule has 2 N–H and O–H groups in total. The second-order valence-electron chi connectivity index (χ2n) is 3.82. The van der Waals surface area contributed by atoms with Crippen molar-refractivity contribution >= 4 is 34.2 Å². The molecule has 2 aromatic rings. The normalized spacial score (nSPS) is 10.0. The number of para-hydroxylation sites is 1. The molecule has 2 rings (SSSR count). The summed E-state index contributed by atoms with van der Waals surface area (Å²) in [6, 6.07) is 11.9. The van der Waals surface area contributed by atoms with Gasteiger partial charge in [0.05, 0.1) is 18.4 Å². The molecule has 0 aliphatic rings. The van der Waals surface area contributed by atoms with E-state index in [-0.39, 0.29) is 17.2 Å². The Morgan fingerprint density at radius 3 is 2.68 bits per heavy atom. The summed E-state index contributed by atoms with van der Waals surface area (Å²) in [6.45, 7) is 0. The largest absolute Gasteiger partial charge is 0.507 e. The molecule has 0 aliphatic heterocycles. The molecule has 5 heteroatoms. The molecule has 0 heterocycles. The van der Waals surface area contributed by atoms with Crippen molar-refractivity contribution < 1.29 is 14.6 Å². The summed E-state index contributed by atoms with van der Waals surface area (Å²) in [5.41, 5.74) is 0.884. The number of benzene rings is 2. The van der Waals surface area contributed by atoms with Crippen LogP contribution in [0.15, 0.2) is 42.5 Å². The van der Waals surface area contributed by atoms with E-state index in [0.717, 1.165) is 3.57 Å². The number of carbonyl (C=O) groups excluding carboxylic acids is 1. The topological polar surface area (TPSA) is 58.6 Å². The lowest BCUT2D eigenvalue weighted by Crippen LogP contribution is -2.13. The molecule has 0 bridgehead atoms. The second kappa shape index (κ2) is 5.92. The zero-order valence-corrected chi connectivity index (χ0v) is 12.3. The van der Waals surface area contributed by atoms with Crippen LogP contribution in [0.5, 0.6) is 11.5 Å². The van der Waals surface area contributed by atoms with Gasteiger partial charge in [0.25, 0.3) is 5.91 Å². The highest BCUT2D eigenvalue weighted by Gasteiger charge is 2.13. The minimum Gasteiger partial charge on any atom is -0.507 e. The van der Waals surface area contributed by atoms with Crippen molar-refractivity contribution in [3.05, 3.63) is 51.6 Å². The van der Waals surface area contributed by atoms with Gasteiger partial charge < -0.3 is 15.2 Å². The first kappa shape index (κ1) is 13.7. The van der Waals surface area contributed by atoms with Gasteiger partial charge in [-0.15, -0.1) is 0 Å². The van der Waals surface area contributed by atoms with E-state index in [1.165, 1.54) is 19.2 Å². The Morgan fingerprint density at radius 2 is 2.00 bits per heavy atom. The first-order valence-electron chi connectivity index (χ1n) is 5.54. The molecule has 0 radical (unpaired) electrons. The van der Waals surface area contributed by atoms with E-state index < -0.39 is 0 Å². The molecule has 0 aromatic heterocycles. The van der Waals surface area contributed by atoms with E-state index >= 15 is 0 Å². The van der Waals surface area contributed by atoms with Gasteiger partial charge in [-0.3, -0.25) is 4.79 Å². The van der Waals surface area contributed by atoms with Crippen LogP contribution in [0.4, 0.5) is 5.69 Å². The summed E-state index contributed by atoms with van der Waals surface area (Å²) in [5, 5.41) is 12.5. The molecular formula is C14H12INO3. The minimum absolute atomic E-state index is 0.0794. The Labute approximate surface area is 124 Å². The Kier molecular flexibility index (Phi) is 4.26. The van der Waals surface area contributed by atoms with E-state index in [1.807, 2.05) is 18.2 Å². The van der Waals surface area contributed by atoms with Crippen molar-refractivity contribution in [2.24, 2.45) is 0 Å². The molecule has 0 spiro atoms. The predicted octanol–water partition coefficient (Wildman–Crippen LogP) is 3.26. The van der Waals surface area contributed by atoms with Crippen molar-refractivity contribution in [3.63, 3.8) is 0 Å². The summed E-state index contributed by atoms with van der Waals surface area (Å²) in [5.74, 6) is 0.0652. The number of hydrogen-bond donors (Lipinski definition) is 2. The second-order valence-corrected chi connectivity index (χ2v) is 4.98. The molecule has 0 saturated carbocycles. The zero-order chi connectivity index (χ0) is 13.8. The first-order valence-corrected chi connectivity index (χ1v) is 6.62. The highest BCUT2D eigenvalue weighted by atomic mass is 127. The minimum atomic E-state index is -0.375. The fraction of sp³-hybridized carbons (Fsp3) is 0.0714. The fourth-order valence-corrected chi connectivity index (χ4v) is 2.10. The first-order chi connectivity index (χ1) is 9.11. The van der Waals surface area contributed by atoms with E-state index in [9.17, 15) is 9.90 Å². The van der Waals surface area contributed by atoms with Crippen LogP contribution in [-0.4, -0.2) is 18.1 Å². The summed E-state index contributed by atoms with van der Waals surface area (Å²) in [7, 11) is 1.51. The standard InChI is InChI=1S/C14H12INO3/c1-19-9-6-7-13(17)10(8-9)14(18)16-12-5-3-2-4-11(12)15/h2-8,17H,1H3,(H,16,18). The van der Waals surface area contributed by atoms with Gasteiger partial charge >= 0.3 is 0 Å². The number of amides is 1. The number of aromatic hydroxyl groups is 1. The average molecular weight is 369 g/mol. The number of nitrogens with one attached hydrogen (secondary N) is 1. The molecule has 0 saturated heterocycles. The third-order valence-corrected chi connectivity index (χ3v) is 3.51. The predicted molar refractivity (Wildman–Crippen MR) is 81.8 cm³/mol. The Morgan fingerprint density at radius 1 is 1.26 bits per heavy atom. The molecule has 0 unspecified atom stereocenters. The van der Waals surface area contributed by atoms with Crippen LogP contribution in [0.3, 0.4) is 0 Å². The number of halogens is 1. The molecule has 0 fully saturated rings. The number of phenolic OH excluding ortho intramolecular Hbond substituents is 1. The van der Waals surface area contributed by atoms with Gasteiger partial charge in [-0.1, -0.05) is 12.1 Å². The Hall–Kier alpha value is -1.76. The lowest BCUT2D eigenvalue weighted by molar-refractivity contribution is 0.102. The highest BCUT2D eigenvalue weighted by Crippen LogP contribution is 2.25. The number of ether oxygens (including phenoxy) is 1.